The van der Waals surface area contributed by atoms with E-state index in [9.17, 15) is 14.7 Å². The molecule has 0 radical (unpaired) electrons. The molecule has 1 saturated heterocycles. The number of hydrogen-bond acceptors (Lipinski definition) is 7. The fourth-order valence-electron chi connectivity index (χ4n) is 3.46. The summed E-state index contributed by atoms with van der Waals surface area (Å²) in [4.78, 5) is 33.4. The first-order valence-corrected chi connectivity index (χ1v) is 9.21. The number of amides is 1. The van der Waals surface area contributed by atoms with E-state index in [0.717, 1.165) is 0 Å². The van der Waals surface area contributed by atoms with E-state index in [1.54, 1.807) is 42.6 Å². The third-order valence-electron chi connectivity index (χ3n) is 4.94. The summed E-state index contributed by atoms with van der Waals surface area (Å²) in [5.74, 6) is -0.594. The molecule has 8 nitrogen and oxygen atoms in total. The van der Waals surface area contributed by atoms with Crippen LogP contribution in [0.2, 0.25) is 0 Å². The molecule has 3 heterocycles. The SMILES string of the molecule is CN(C)CCN1C(=O)C(=O)/C(=C(\O)c2ccc3c(c2)OCO3)C1c1ccccn1. The summed E-state index contributed by atoms with van der Waals surface area (Å²) in [6.07, 6.45) is 1.60. The highest BCUT2D eigenvalue weighted by atomic mass is 16.7. The number of carbonyl (C=O) groups excluding carboxylic acids is 2. The van der Waals surface area contributed by atoms with E-state index in [1.807, 2.05) is 19.0 Å². The highest BCUT2D eigenvalue weighted by molar-refractivity contribution is 6.46. The van der Waals surface area contributed by atoms with E-state index >= 15 is 0 Å². The molecule has 1 aromatic carbocycles. The molecule has 29 heavy (non-hydrogen) atoms. The Kier molecular flexibility index (Phi) is 4.94. The largest absolute Gasteiger partial charge is 0.507 e. The minimum absolute atomic E-state index is 0.0197. The Hall–Kier alpha value is -3.39. The number of pyridine rings is 1. The van der Waals surface area contributed by atoms with Gasteiger partial charge in [-0.3, -0.25) is 14.6 Å². The summed E-state index contributed by atoms with van der Waals surface area (Å²) in [5, 5.41) is 11.0. The van der Waals surface area contributed by atoms with Gasteiger partial charge in [-0.2, -0.15) is 0 Å². The Bertz CT molecular complexity index is 987. The molecule has 1 N–H and O–H groups in total. The fraction of sp³-hybridized carbons (Fsp3) is 0.286. The van der Waals surface area contributed by atoms with Crippen LogP contribution in [0, 0.1) is 0 Å². The van der Waals surface area contributed by atoms with E-state index in [1.165, 1.54) is 4.90 Å². The summed E-state index contributed by atoms with van der Waals surface area (Å²) in [6.45, 7) is 1.000. The van der Waals surface area contributed by atoms with Gasteiger partial charge in [-0.05, 0) is 44.4 Å². The predicted octanol–water partition coefficient (Wildman–Crippen LogP) is 1.79. The first kappa shape index (κ1) is 18.9. The predicted molar refractivity (Wildman–Crippen MR) is 104 cm³/mol. The van der Waals surface area contributed by atoms with Crippen LogP contribution in [0.1, 0.15) is 17.3 Å². The number of ketones is 1. The first-order chi connectivity index (χ1) is 14.0. The van der Waals surface area contributed by atoms with Gasteiger partial charge in [0.2, 0.25) is 6.79 Å². The van der Waals surface area contributed by atoms with Crippen molar-refractivity contribution in [2.75, 3.05) is 34.0 Å². The lowest BCUT2D eigenvalue weighted by atomic mass is 9.98. The lowest BCUT2D eigenvalue weighted by Crippen LogP contribution is -2.35. The number of carbonyl (C=O) groups is 2. The van der Waals surface area contributed by atoms with Crippen molar-refractivity contribution >= 4 is 17.4 Å². The number of benzene rings is 1. The standard InChI is InChI=1S/C21H21N3O5/c1-23(2)9-10-24-18(14-5-3-4-8-22-14)17(20(26)21(24)27)19(25)13-6-7-15-16(11-13)29-12-28-15/h3-8,11,18,25H,9-10,12H2,1-2H3/b19-17-. The molecule has 1 unspecified atom stereocenters. The van der Waals surface area contributed by atoms with Gasteiger partial charge >= 0.3 is 0 Å². The molecule has 1 aromatic heterocycles. The molecule has 150 valence electrons. The Morgan fingerprint density at radius 2 is 2.00 bits per heavy atom. The lowest BCUT2D eigenvalue weighted by molar-refractivity contribution is -0.140. The van der Waals surface area contributed by atoms with Gasteiger partial charge < -0.3 is 24.4 Å². The molecule has 0 saturated carbocycles. The van der Waals surface area contributed by atoms with Crippen LogP contribution in [0.4, 0.5) is 0 Å². The number of aromatic nitrogens is 1. The maximum absolute atomic E-state index is 12.9. The molecule has 2 aromatic rings. The van der Waals surface area contributed by atoms with E-state index in [0.29, 0.717) is 35.8 Å². The highest BCUT2D eigenvalue weighted by Crippen LogP contribution is 2.40. The fourth-order valence-corrected chi connectivity index (χ4v) is 3.46. The van der Waals surface area contributed by atoms with Gasteiger partial charge in [-0.15, -0.1) is 0 Å². The number of aliphatic hydroxyl groups is 1. The van der Waals surface area contributed by atoms with Crippen LogP contribution in [0.3, 0.4) is 0 Å². The number of likely N-dealkylation sites (N-methyl/N-ethyl adjacent to an activating group) is 1. The number of aliphatic hydroxyl groups excluding tert-OH is 1. The summed E-state index contributed by atoms with van der Waals surface area (Å²) in [6, 6.07) is 9.41. The average Bonchev–Trinajstić information content (AvgIpc) is 3.29. The van der Waals surface area contributed by atoms with Crippen molar-refractivity contribution in [2.24, 2.45) is 0 Å². The quantitative estimate of drug-likeness (QED) is 0.469. The number of Topliss-reactive ketones (excluding diaryl/α,β-unsaturated/α-hetero) is 1. The highest BCUT2D eigenvalue weighted by Gasteiger charge is 2.46. The topological polar surface area (TPSA) is 92.2 Å². The monoisotopic (exact) mass is 395 g/mol. The second-order valence-electron chi connectivity index (χ2n) is 7.12. The van der Waals surface area contributed by atoms with E-state index < -0.39 is 17.7 Å². The Morgan fingerprint density at radius 1 is 1.21 bits per heavy atom. The summed E-state index contributed by atoms with van der Waals surface area (Å²) < 4.78 is 10.7. The summed E-state index contributed by atoms with van der Waals surface area (Å²) >= 11 is 0. The van der Waals surface area contributed by atoms with Crippen LogP contribution in [-0.2, 0) is 9.59 Å². The number of rotatable bonds is 5. The van der Waals surface area contributed by atoms with Gasteiger partial charge in [0.15, 0.2) is 11.5 Å². The van der Waals surface area contributed by atoms with Crippen molar-refractivity contribution in [3.05, 3.63) is 59.4 Å². The molecule has 1 atom stereocenters. The van der Waals surface area contributed by atoms with Gasteiger partial charge in [0.05, 0.1) is 11.3 Å². The Balaban J connectivity index is 1.81. The van der Waals surface area contributed by atoms with Crippen LogP contribution >= 0.6 is 0 Å². The van der Waals surface area contributed by atoms with Crippen molar-refractivity contribution in [3.63, 3.8) is 0 Å². The zero-order valence-electron chi connectivity index (χ0n) is 16.2. The maximum atomic E-state index is 12.9. The van der Waals surface area contributed by atoms with Crippen LogP contribution in [0.5, 0.6) is 11.5 Å². The van der Waals surface area contributed by atoms with Crippen molar-refractivity contribution in [1.29, 1.82) is 0 Å². The third kappa shape index (κ3) is 3.42. The number of likely N-dealkylation sites (tertiary alicyclic amines) is 1. The molecule has 0 aliphatic carbocycles. The number of fused-ring (bicyclic) bond motifs is 1. The van der Waals surface area contributed by atoms with Crippen molar-refractivity contribution in [3.8, 4) is 11.5 Å². The molecule has 1 fully saturated rings. The number of ether oxygens (including phenoxy) is 2. The lowest BCUT2D eigenvalue weighted by Gasteiger charge is -2.25. The summed E-state index contributed by atoms with van der Waals surface area (Å²) in [5.41, 5.74) is 0.917. The van der Waals surface area contributed by atoms with Crippen molar-refractivity contribution in [1.82, 2.24) is 14.8 Å². The smallest absolute Gasteiger partial charge is 0.295 e. The second kappa shape index (κ2) is 7.56. The van der Waals surface area contributed by atoms with Gasteiger partial charge in [-0.25, -0.2) is 0 Å². The van der Waals surface area contributed by atoms with Gasteiger partial charge in [0.1, 0.15) is 11.8 Å². The Morgan fingerprint density at radius 3 is 2.72 bits per heavy atom. The van der Waals surface area contributed by atoms with Gasteiger partial charge in [0, 0.05) is 24.8 Å². The Labute approximate surface area is 168 Å². The van der Waals surface area contributed by atoms with Crippen LogP contribution in [0.25, 0.3) is 5.76 Å². The second-order valence-corrected chi connectivity index (χ2v) is 7.12. The third-order valence-corrected chi connectivity index (χ3v) is 4.94. The normalized spacial score (nSPS) is 20.0. The molecular weight excluding hydrogens is 374 g/mol. The van der Waals surface area contributed by atoms with Gasteiger partial charge in [-0.1, -0.05) is 6.07 Å². The van der Waals surface area contributed by atoms with Crippen molar-refractivity contribution in [2.45, 2.75) is 6.04 Å². The van der Waals surface area contributed by atoms with E-state index in [4.69, 9.17) is 9.47 Å². The number of nitrogens with zero attached hydrogens (tertiary/aromatic N) is 3. The zero-order valence-corrected chi connectivity index (χ0v) is 16.2. The molecular formula is C21H21N3O5. The molecule has 2 aliphatic heterocycles. The van der Waals surface area contributed by atoms with Crippen LogP contribution < -0.4 is 9.47 Å². The van der Waals surface area contributed by atoms with Gasteiger partial charge in [0.25, 0.3) is 11.7 Å². The van der Waals surface area contributed by atoms with E-state index in [-0.39, 0.29) is 18.1 Å². The van der Waals surface area contributed by atoms with E-state index in [2.05, 4.69) is 4.98 Å². The molecule has 1 amide bonds. The van der Waals surface area contributed by atoms with Crippen LogP contribution in [0.15, 0.2) is 48.2 Å². The first-order valence-electron chi connectivity index (χ1n) is 9.21. The molecule has 4 rings (SSSR count). The molecule has 0 bridgehead atoms. The maximum Gasteiger partial charge on any atom is 0.295 e. The molecule has 2 aliphatic rings. The molecule has 8 heteroatoms. The zero-order chi connectivity index (χ0) is 20.5. The van der Waals surface area contributed by atoms with Crippen LogP contribution in [-0.4, -0.2) is 65.6 Å². The number of hydrogen-bond donors (Lipinski definition) is 1. The summed E-state index contributed by atoms with van der Waals surface area (Å²) in [7, 11) is 3.78. The minimum Gasteiger partial charge on any atom is -0.507 e. The minimum atomic E-state index is -0.762. The molecule has 0 spiro atoms. The van der Waals surface area contributed by atoms with Crippen molar-refractivity contribution < 1.29 is 24.2 Å². The average molecular weight is 395 g/mol.